The second kappa shape index (κ2) is 8.20. The molecule has 1 fully saturated rings. The first-order chi connectivity index (χ1) is 12.1. The highest BCUT2D eigenvalue weighted by Gasteiger charge is 2.22. The number of carbonyl (C=O) groups excluding carboxylic acids is 1. The fraction of sp³-hybridized carbons (Fsp3) is 0.500. The summed E-state index contributed by atoms with van der Waals surface area (Å²) in [6, 6.07) is 6.21. The van der Waals surface area contributed by atoms with Gasteiger partial charge in [0.2, 0.25) is 11.8 Å². The van der Waals surface area contributed by atoms with Crippen LogP contribution in [0.3, 0.4) is 0 Å². The Labute approximate surface area is 146 Å². The summed E-state index contributed by atoms with van der Waals surface area (Å²) in [5.41, 5.74) is 0.233. The summed E-state index contributed by atoms with van der Waals surface area (Å²) in [6.45, 7) is 4.36. The number of benzene rings is 1. The molecule has 1 aliphatic rings. The molecular weight excluding hydrogens is 323 g/mol. The van der Waals surface area contributed by atoms with Gasteiger partial charge in [0, 0.05) is 32.9 Å². The molecule has 25 heavy (non-hydrogen) atoms. The third kappa shape index (κ3) is 5.09. The van der Waals surface area contributed by atoms with E-state index in [0.717, 1.165) is 38.2 Å². The van der Waals surface area contributed by atoms with Crippen molar-refractivity contribution in [3.63, 3.8) is 0 Å². The first-order valence-electron chi connectivity index (χ1n) is 8.66. The quantitative estimate of drug-likeness (QED) is 0.871. The molecule has 1 atom stereocenters. The Morgan fingerprint density at radius 2 is 2.28 bits per heavy atom. The number of likely N-dealkylation sites (tertiary alicyclic amines) is 1. The predicted molar refractivity (Wildman–Crippen MR) is 91.5 cm³/mol. The van der Waals surface area contributed by atoms with Gasteiger partial charge in [-0.25, -0.2) is 4.39 Å². The Kier molecular flexibility index (Phi) is 5.75. The SMILES string of the molecule is Cc1nc(CC2CCCN(CCC(=O)Nc3ccccc3F)C2)no1. The van der Waals surface area contributed by atoms with Gasteiger partial charge in [-0.2, -0.15) is 4.98 Å². The van der Waals surface area contributed by atoms with Crippen LogP contribution in [0.25, 0.3) is 0 Å². The van der Waals surface area contributed by atoms with Crippen LogP contribution in [0.1, 0.15) is 31.0 Å². The number of hydrogen-bond donors (Lipinski definition) is 1. The molecule has 1 aliphatic heterocycles. The van der Waals surface area contributed by atoms with Gasteiger partial charge in [0.1, 0.15) is 5.82 Å². The zero-order valence-corrected chi connectivity index (χ0v) is 14.4. The molecule has 7 heteroatoms. The molecule has 0 saturated carbocycles. The van der Waals surface area contributed by atoms with Crippen molar-refractivity contribution in [3.8, 4) is 0 Å². The van der Waals surface area contributed by atoms with Gasteiger partial charge in [-0.05, 0) is 37.4 Å². The Balaban J connectivity index is 1.44. The van der Waals surface area contributed by atoms with Crippen LogP contribution in [0, 0.1) is 18.7 Å². The van der Waals surface area contributed by atoms with Gasteiger partial charge in [-0.3, -0.25) is 4.79 Å². The first kappa shape index (κ1) is 17.5. The first-order valence-corrected chi connectivity index (χ1v) is 8.66. The van der Waals surface area contributed by atoms with Gasteiger partial charge in [-0.1, -0.05) is 17.3 Å². The molecule has 2 aromatic rings. The molecule has 0 radical (unpaired) electrons. The van der Waals surface area contributed by atoms with E-state index in [2.05, 4.69) is 20.4 Å². The number of anilines is 1. The molecular formula is C18H23FN4O2. The second-order valence-electron chi connectivity index (χ2n) is 6.52. The average molecular weight is 346 g/mol. The summed E-state index contributed by atoms with van der Waals surface area (Å²) in [5.74, 6) is 1.24. The standard InChI is InChI=1S/C18H23FN4O2/c1-13-20-17(22-25-13)11-14-5-4-9-23(12-14)10-8-18(24)21-16-7-3-2-6-15(16)19/h2-3,6-7,14H,4-5,8-12H2,1H3,(H,21,24). The maximum atomic E-state index is 13.6. The predicted octanol–water partition coefficient (Wildman–Crippen LogP) is 2.80. The molecule has 2 heterocycles. The number of halogens is 1. The highest BCUT2D eigenvalue weighted by molar-refractivity contribution is 5.90. The largest absolute Gasteiger partial charge is 0.340 e. The van der Waals surface area contributed by atoms with Gasteiger partial charge >= 0.3 is 0 Å². The maximum Gasteiger partial charge on any atom is 0.225 e. The van der Waals surface area contributed by atoms with Gasteiger partial charge in [-0.15, -0.1) is 0 Å². The number of aromatic nitrogens is 2. The van der Waals surface area contributed by atoms with E-state index in [-0.39, 0.29) is 11.6 Å². The van der Waals surface area contributed by atoms with E-state index in [9.17, 15) is 9.18 Å². The van der Waals surface area contributed by atoms with Crippen molar-refractivity contribution in [1.82, 2.24) is 15.0 Å². The van der Waals surface area contributed by atoms with E-state index in [1.807, 2.05) is 0 Å². The van der Waals surface area contributed by atoms with Crippen LogP contribution >= 0.6 is 0 Å². The van der Waals surface area contributed by atoms with Crippen LogP contribution in [0.15, 0.2) is 28.8 Å². The number of para-hydroxylation sites is 1. The van der Waals surface area contributed by atoms with E-state index in [1.54, 1.807) is 25.1 Å². The van der Waals surface area contributed by atoms with Crippen molar-refractivity contribution >= 4 is 11.6 Å². The molecule has 1 aromatic carbocycles. The van der Waals surface area contributed by atoms with Crippen molar-refractivity contribution in [3.05, 3.63) is 41.8 Å². The van der Waals surface area contributed by atoms with E-state index in [1.165, 1.54) is 6.07 Å². The zero-order valence-electron chi connectivity index (χ0n) is 14.4. The second-order valence-corrected chi connectivity index (χ2v) is 6.52. The summed E-state index contributed by atoms with van der Waals surface area (Å²) in [7, 11) is 0. The van der Waals surface area contributed by atoms with Gasteiger partial charge in [0.05, 0.1) is 5.69 Å². The van der Waals surface area contributed by atoms with Gasteiger partial charge in [0.25, 0.3) is 0 Å². The minimum Gasteiger partial charge on any atom is -0.340 e. The van der Waals surface area contributed by atoms with Crippen molar-refractivity contribution < 1.29 is 13.7 Å². The summed E-state index contributed by atoms with van der Waals surface area (Å²) in [5, 5.41) is 6.59. The van der Waals surface area contributed by atoms with Crippen LogP contribution in [-0.4, -0.2) is 40.6 Å². The molecule has 0 spiro atoms. The van der Waals surface area contributed by atoms with Crippen molar-refractivity contribution in [1.29, 1.82) is 0 Å². The highest BCUT2D eigenvalue weighted by Crippen LogP contribution is 2.20. The number of aryl methyl sites for hydroxylation is 1. The maximum absolute atomic E-state index is 13.6. The smallest absolute Gasteiger partial charge is 0.225 e. The Morgan fingerprint density at radius 1 is 1.44 bits per heavy atom. The van der Waals surface area contributed by atoms with Crippen LogP contribution in [-0.2, 0) is 11.2 Å². The lowest BCUT2D eigenvalue weighted by Gasteiger charge is -2.32. The Hall–Kier alpha value is -2.28. The lowest BCUT2D eigenvalue weighted by atomic mass is 9.94. The molecule has 0 aliphatic carbocycles. The Bertz CT molecular complexity index is 719. The molecule has 1 N–H and O–H groups in total. The number of amides is 1. The van der Waals surface area contributed by atoms with Crippen LogP contribution < -0.4 is 5.32 Å². The van der Waals surface area contributed by atoms with E-state index >= 15 is 0 Å². The molecule has 6 nitrogen and oxygen atoms in total. The molecule has 134 valence electrons. The summed E-state index contributed by atoms with van der Waals surface area (Å²) in [6.07, 6.45) is 3.37. The lowest BCUT2D eigenvalue weighted by Crippen LogP contribution is -2.38. The van der Waals surface area contributed by atoms with Crippen molar-refractivity contribution in [2.45, 2.75) is 32.6 Å². The summed E-state index contributed by atoms with van der Waals surface area (Å²) >= 11 is 0. The number of carbonyl (C=O) groups is 1. The number of piperidine rings is 1. The van der Waals surface area contributed by atoms with Gasteiger partial charge in [0.15, 0.2) is 5.82 Å². The van der Waals surface area contributed by atoms with Gasteiger partial charge < -0.3 is 14.7 Å². The van der Waals surface area contributed by atoms with Crippen LogP contribution in [0.4, 0.5) is 10.1 Å². The molecule has 1 aromatic heterocycles. The topological polar surface area (TPSA) is 71.3 Å². The minimum atomic E-state index is -0.413. The minimum absolute atomic E-state index is 0.166. The van der Waals surface area contributed by atoms with Crippen LogP contribution in [0.5, 0.6) is 0 Å². The van der Waals surface area contributed by atoms with Crippen molar-refractivity contribution in [2.75, 3.05) is 25.0 Å². The highest BCUT2D eigenvalue weighted by atomic mass is 19.1. The van der Waals surface area contributed by atoms with E-state index in [4.69, 9.17) is 4.52 Å². The van der Waals surface area contributed by atoms with Crippen molar-refractivity contribution in [2.24, 2.45) is 5.92 Å². The molecule has 1 saturated heterocycles. The fourth-order valence-corrected chi connectivity index (χ4v) is 3.24. The number of nitrogens with zero attached hydrogens (tertiary/aromatic N) is 3. The molecule has 1 unspecified atom stereocenters. The third-order valence-electron chi connectivity index (χ3n) is 4.45. The van der Waals surface area contributed by atoms with Crippen LogP contribution in [0.2, 0.25) is 0 Å². The summed E-state index contributed by atoms with van der Waals surface area (Å²) in [4.78, 5) is 18.6. The lowest BCUT2D eigenvalue weighted by molar-refractivity contribution is -0.116. The molecule has 1 amide bonds. The molecule has 0 bridgehead atoms. The number of rotatable bonds is 6. The van der Waals surface area contributed by atoms with E-state index in [0.29, 0.717) is 24.8 Å². The third-order valence-corrected chi connectivity index (χ3v) is 4.45. The summed E-state index contributed by atoms with van der Waals surface area (Å²) < 4.78 is 18.6. The normalized spacial score (nSPS) is 18.2. The fourth-order valence-electron chi connectivity index (χ4n) is 3.24. The molecule has 3 rings (SSSR count). The number of hydrogen-bond acceptors (Lipinski definition) is 5. The van der Waals surface area contributed by atoms with E-state index < -0.39 is 5.82 Å². The number of nitrogens with one attached hydrogen (secondary N) is 1. The zero-order chi connectivity index (χ0) is 17.6. The average Bonchev–Trinajstić information content (AvgIpc) is 3.00. The monoisotopic (exact) mass is 346 g/mol. The Morgan fingerprint density at radius 3 is 3.04 bits per heavy atom.